The number of halogens is 1. The highest BCUT2D eigenvalue weighted by atomic mass is 32.2. The third kappa shape index (κ3) is 4.31. The monoisotopic (exact) mass is 531 g/mol. The van der Waals surface area contributed by atoms with Crippen LogP contribution in [0.3, 0.4) is 0 Å². The molecule has 0 amide bonds. The molecule has 0 fully saturated rings. The van der Waals surface area contributed by atoms with Crippen LogP contribution in [0.15, 0.2) is 48.9 Å². The molecule has 0 unspecified atom stereocenters. The lowest BCUT2D eigenvalue weighted by molar-refractivity contribution is 0.586. The van der Waals surface area contributed by atoms with Crippen LogP contribution in [0.1, 0.15) is 11.4 Å². The fourth-order valence-electron chi connectivity index (χ4n) is 4.36. The van der Waals surface area contributed by atoms with Gasteiger partial charge in [-0.15, -0.1) is 0 Å². The first-order chi connectivity index (χ1) is 18.2. The normalized spacial score (nSPS) is 12.1. The maximum absolute atomic E-state index is 14.5. The number of H-pyrrole nitrogens is 2. The first-order valence-electron chi connectivity index (χ1n) is 11.6. The number of benzene rings is 1. The lowest BCUT2D eigenvalue weighted by Gasteiger charge is -2.07. The van der Waals surface area contributed by atoms with Crippen molar-refractivity contribution in [2.75, 3.05) is 6.26 Å². The molecule has 5 aromatic heterocycles. The van der Waals surface area contributed by atoms with E-state index in [1.807, 2.05) is 24.6 Å². The lowest BCUT2D eigenvalue weighted by Crippen LogP contribution is -2.21. The van der Waals surface area contributed by atoms with Gasteiger partial charge in [0.25, 0.3) is 0 Å². The first kappa shape index (κ1) is 23.9. The zero-order chi connectivity index (χ0) is 26.6. The van der Waals surface area contributed by atoms with Gasteiger partial charge in [-0.25, -0.2) is 32.5 Å². The molecule has 11 nitrogen and oxygen atoms in total. The number of hydrogen-bond acceptors (Lipinski definition) is 7. The van der Waals surface area contributed by atoms with Crippen LogP contribution in [0.4, 0.5) is 4.39 Å². The van der Waals surface area contributed by atoms with Gasteiger partial charge in [-0.2, -0.15) is 5.10 Å². The van der Waals surface area contributed by atoms with E-state index in [4.69, 9.17) is 4.98 Å². The average molecular weight is 532 g/mol. The van der Waals surface area contributed by atoms with Gasteiger partial charge in [-0.05, 0) is 42.8 Å². The number of aryl methyl sites for hydroxylation is 1. The van der Waals surface area contributed by atoms with Gasteiger partial charge in [-0.3, -0.25) is 10.1 Å². The second-order valence-electron chi connectivity index (χ2n) is 9.02. The second kappa shape index (κ2) is 8.82. The summed E-state index contributed by atoms with van der Waals surface area (Å²) in [5.74, 6) is 0.873. The Morgan fingerprint density at radius 3 is 2.66 bits per heavy atom. The van der Waals surface area contributed by atoms with Crippen molar-refractivity contribution < 1.29 is 12.8 Å². The van der Waals surface area contributed by atoms with E-state index < -0.39 is 15.8 Å². The van der Waals surface area contributed by atoms with Crippen LogP contribution < -0.4 is 4.72 Å². The Hall–Kier alpha value is -4.49. The largest absolute Gasteiger partial charge is 0.336 e. The highest BCUT2D eigenvalue weighted by molar-refractivity contribution is 7.88. The smallest absolute Gasteiger partial charge is 0.209 e. The summed E-state index contributed by atoms with van der Waals surface area (Å²) < 4.78 is 41.8. The summed E-state index contributed by atoms with van der Waals surface area (Å²) in [6, 6.07) is 8.07. The molecule has 3 N–H and O–H groups in total. The third-order valence-corrected chi connectivity index (χ3v) is 7.00. The number of aromatic nitrogens is 8. The fourth-order valence-corrected chi connectivity index (χ4v) is 4.79. The maximum atomic E-state index is 14.5. The molecule has 38 heavy (non-hydrogen) atoms. The van der Waals surface area contributed by atoms with Crippen LogP contribution in [-0.2, 0) is 23.6 Å². The van der Waals surface area contributed by atoms with E-state index in [-0.39, 0.29) is 6.54 Å². The molecule has 0 aliphatic rings. The van der Waals surface area contributed by atoms with Crippen molar-refractivity contribution >= 4 is 32.1 Å². The Morgan fingerprint density at radius 1 is 1.05 bits per heavy atom. The van der Waals surface area contributed by atoms with E-state index in [9.17, 15) is 12.8 Å². The number of sulfonamides is 1. The molecule has 0 spiro atoms. The number of rotatable bonds is 6. The molecule has 0 aliphatic carbocycles. The topological polar surface area (TPSA) is 147 Å². The number of aromatic amines is 2. The Bertz CT molecular complexity index is 1960. The van der Waals surface area contributed by atoms with Crippen LogP contribution >= 0.6 is 0 Å². The number of pyridine rings is 2. The SMILES string of the molecule is Cc1ncc(-c2cnc3[nH]nc(-c4nc5c(-c6cc(F)cc(CNS(C)(=O)=O)c6)nccc5[nH]4)c3c2)n1C. The molecule has 0 saturated heterocycles. The summed E-state index contributed by atoms with van der Waals surface area (Å²) in [6.45, 7) is 1.89. The van der Waals surface area contributed by atoms with Crippen molar-refractivity contribution in [3.8, 4) is 34.0 Å². The van der Waals surface area contributed by atoms with Crippen molar-refractivity contribution in [3.05, 3.63) is 66.1 Å². The van der Waals surface area contributed by atoms with Gasteiger partial charge < -0.3 is 9.55 Å². The van der Waals surface area contributed by atoms with Crippen molar-refractivity contribution in [2.24, 2.45) is 7.05 Å². The first-order valence-corrected chi connectivity index (χ1v) is 13.5. The van der Waals surface area contributed by atoms with Gasteiger partial charge in [-0.1, -0.05) is 0 Å². The second-order valence-corrected chi connectivity index (χ2v) is 10.9. The molecular weight excluding hydrogens is 509 g/mol. The van der Waals surface area contributed by atoms with Crippen molar-refractivity contribution in [3.63, 3.8) is 0 Å². The summed E-state index contributed by atoms with van der Waals surface area (Å²) in [7, 11) is -1.49. The number of hydrogen-bond donors (Lipinski definition) is 3. The molecule has 192 valence electrons. The Morgan fingerprint density at radius 2 is 1.89 bits per heavy atom. The van der Waals surface area contributed by atoms with E-state index in [1.165, 1.54) is 12.1 Å². The Balaban J connectivity index is 1.44. The highest BCUT2D eigenvalue weighted by Gasteiger charge is 2.18. The Labute approximate surface area is 216 Å². The molecule has 0 atom stereocenters. The van der Waals surface area contributed by atoms with Crippen LogP contribution in [-0.4, -0.2) is 54.4 Å². The van der Waals surface area contributed by atoms with Crippen molar-refractivity contribution in [1.82, 2.24) is 44.4 Å². The molecule has 13 heteroatoms. The van der Waals surface area contributed by atoms with Gasteiger partial charge in [0.1, 0.15) is 22.9 Å². The summed E-state index contributed by atoms with van der Waals surface area (Å²) >= 11 is 0. The van der Waals surface area contributed by atoms with Crippen LogP contribution in [0.5, 0.6) is 0 Å². The number of nitrogens with one attached hydrogen (secondary N) is 3. The Kier molecular flexibility index (Phi) is 5.54. The minimum absolute atomic E-state index is 0.0455. The van der Waals surface area contributed by atoms with E-state index in [0.717, 1.165) is 28.7 Å². The minimum Gasteiger partial charge on any atom is -0.336 e. The summed E-state index contributed by atoms with van der Waals surface area (Å²) in [6.07, 6.45) is 6.22. The van der Waals surface area contributed by atoms with Crippen LogP contribution in [0.2, 0.25) is 0 Å². The standard InChI is InChI=1S/C25H22FN9O2S/c1-13-28-12-20(35(13)2)16-9-18-22(33-34-24(18)29-11-16)25-31-19-4-5-27-21(23(19)32-25)15-6-14(7-17(26)8-15)10-30-38(3,36)37/h4-9,11-12,30H,10H2,1-3H3,(H,31,32)(H,29,33,34). The van der Waals surface area contributed by atoms with Gasteiger partial charge in [0.15, 0.2) is 11.5 Å². The van der Waals surface area contributed by atoms with E-state index in [2.05, 4.69) is 34.9 Å². The van der Waals surface area contributed by atoms with Crippen molar-refractivity contribution in [2.45, 2.75) is 13.5 Å². The summed E-state index contributed by atoms with van der Waals surface area (Å²) in [4.78, 5) is 21.4. The number of imidazole rings is 2. The fraction of sp³-hybridized carbons (Fsp3) is 0.160. The van der Waals surface area contributed by atoms with E-state index in [1.54, 1.807) is 30.7 Å². The molecule has 0 radical (unpaired) electrons. The van der Waals surface area contributed by atoms with Gasteiger partial charge in [0.05, 0.1) is 34.7 Å². The average Bonchev–Trinajstić information content (AvgIpc) is 3.58. The van der Waals surface area contributed by atoms with Gasteiger partial charge in [0, 0.05) is 37.1 Å². The predicted octanol–water partition coefficient (Wildman–Crippen LogP) is 3.46. The molecule has 6 aromatic rings. The summed E-state index contributed by atoms with van der Waals surface area (Å²) in [5.41, 5.74) is 5.59. The molecule has 0 aliphatic heterocycles. The minimum atomic E-state index is -3.43. The molecule has 5 heterocycles. The van der Waals surface area contributed by atoms with E-state index in [0.29, 0.717) is 45.0 Å². The quantitative estimate of drug-likeness (QED) is 0.298. The zero-order valence-electron chi connectivity index (χ0n) is 20.6. The lowest BCUT2D eigenvalue weighted by atomic mass is 10.1. The molecule has 0 saturated carbocycles. The zero-order valence-corrected chi connectivity index (χ0v) is 21.4. The molecular formula is C25H22FN9O2S. The number of fused-ring (bicyclic) bond motifs is 2. The maximum Gasteiger partial charge on any atom is 0.209 e. The number of nitrogens with zero attached hydrogens (tertiary/aromatic N) is 6. The van der Waals surface area contributed by atoms with Crippen LogP contribution in [0.25, 0.3) is 56.1 Å². The highest BCUT2D eigenvalue weighted by Crippen LogP contribution is 2.32. The van der Waals surface area contributed by atoms with Crippen molar-refractivity contribution in [1.29, 1.82) is 0 Å². The predicted molar refractivity (Wildman–Crippen MR) is 141 cm³/mol. The summed E-state index contributed by atoms with van der Waals surface area (Å²) in [5, 5.41) is 8.18. The van der Waals surface area contributed by atoms with E-state index >= 15 is 0 Å². The molecule has 0 bridgehead atoms. The van der Waals surface area contributed by atoms with Gasteiger partial charge >= 0.3 is 0 Å². The van der Waals surface area contributed by atoms with Crippen LogP contribution in [0, 0.1) is 12.7 Å². The molecule has 1 aromatic carbocycles. The molecule has 6 rings (SSSR count). The third-order valence-electron chi connectivity index (χ3n) is 6.33. The van der Waals surface area contributed by atoms with Gasteiger partial charge in [0.2, 0.25) is 10.0 Å².